The van der Waals surface area contributed by atoms with Crippen LogP contribution in [0.3, 0.4) is 0 Å². The molecule has 0 bridgehead atoms. The molecule has 5 aromatic carbocycles. The zero-order valence-corrected chi connectivity index (χ0v) is 33.4. The number of phenols is 1. The van der Waals surface area contributed by atoms with Crippen LogP contribution < -0.4 is 25.1 Å². The standard InChI is InChI=1S/C46H38Cl2N4O7/c1-58-31-16-8-25(9-17-31)46-36(43(55)52(45(46)57)50-38-21-10-26(47)22-37(38)48)24-35-32(41(46)33-18-15-30(53)23-39(33)59-2)19-20-34-40(35)44(56)51(42(34)54)29-13-11-28(12-14-29)49-27-6-4-3-5-7-27/h3-19,21-23,34-36,40-41,49-50,53H,20,24H2,1-2H3/t34-,35+,36-,40-,41+,46+/m0/s1. The first-order valence-corrected chi connectivity index (χ1v) is 19.9. The molecular formula is C46H38Cl2N4O7. The molecule has 2 aliphatic carbocycles. The molecule has 3 N–H and O–H groups in total. The Morgan fingerprint density at radius 1 is 0.763 bits per heavy atom. The lowest BCUT2D eigenvalue weighted by molar-refractivity contribution is -0.138. The van der Waals surface area contributed by atoms with Gasteiger partial charge in [0.15, 0.2) is 0 Å². The van der Waals surface area contributed by atoms with Crippen molar-refractivity contribution in [3.63, 3.8) is 0 Å². The average molecular weight is 830 g/mol. The second-order valence-corrected chi connectivity index (χ2v) is 16.0. The summed E-state index contributed by atoms with van der Waals surface area (Å²) < 4.78 is 11.4. The van der Waals surface area contributed by atoms with E-state index in [2.05, 4.69) is 10.7 Å². The fourth-order valence-electron chi connectivity index (χ4n) is 9.76. The summed E-state index contributed by atoms with van der Waals surface area (Å²) >= 11 is 12.8. The van der Waals surface area contributed by atoms with Crippen LogP contribution in [0.25, 0.3) is 0 Å². The average Bonchev–Trinajstić information content (AvgIpc) is 3.63. The molecule has 2 heterocycles. The van der Waals surface area contributed by atoms with Gasteiger partial charge in [-0.15, -0.1) is 0 Å². The molecule has 5 aromatic rings. The number of halogens is 2. The van der Waals surface area contributed by atoms with Crippen molar-refractivity contribution < 1.29 is 33.8 Å². The fourth-order valence-corrected chi connectivity index (χ4v) is 10.2. The molecule has 2 saturated heterocycles. The molecule has 298 valence electrons. The van der Waals surface area contributed by atoms with E-state index < -0.39 is 46.8 Å². The highest BCUT2D eigenvalue weighted by molar-refractivity contribution is 6.36. The van der Waals surface area contributed by atoms with E-state index in [0.717, 1.165) is 22.0 Å². The summed E-state index contributed by atoms with van der Waals surface area (Å²) in [7, 11) is 3.01. The Labute approximate surface area is 350 Å². The summed E-state index contributed by atoms with van der Waals surface area (Å²) in [5, 5.41) is 15.5. The van der Waals surface area contributed by atoms with Gasteiger partial charge in [0, 0.05) is 33.9 Å². The van der Waals surface area contributed by atoms with Crippen molar-refractivity contribution in [1.82, 2.24) is 5.01 Å². The van der Waals surface area contributed by atoms with Crippen molar-refractivity contribution in [2.24, 2.45) is 23.7 Å². The van der Waals surface area contributed by atoms with Gasteiger partial charge in [-0.25, -0.2) is 0 Å². The number of methoxy groups -OCH3 is 2. The number of nitrogens with zero attached hydrogens (tertiary/aromatic N) is 2. The smallest absolute Gasteiger partial charge is 0.260 e. The van der Waals surface area contributed by atoms with E-state index in [-0.39, 0.29) is 46.9 Å². The first-order chi connectivity index (χ1) is 28.5. The van der Waals surface area contributed by atoms with Gasteiger partial charge >= 0.3 is 0 Å². The minimum atomic E-state index is -1.60. The van der Waals surface area contributed by atoms with Crippen LogP contribution in [0, 0.1) is 23.7 Å². The number of nitrogens with one attached hydrogen (secondary N) is 2. The van der Waals surface area contributed by atoms with Crippen LogP contribution in [0.2, 0.25) is 10.0 Å². The zero-order chi connectivity index (χ0) is 41.2. The van der Waals surface area contributed by atoms with Gasteiger partial charge in [-0.05, 0) is 97.1 Å². The van der Waals surface area contributed by atoms with Gasteiger partial charge in [-0.1, -0.05) is 71.2 Å². The van der Waals surface area contributed by atoms with Crippen LogP contribution in [0.5, 0.6) is 17.2 Å². The van der Waals surface area contributed by atoms with Crippen molar-refractivity contribution in [3.8, 4) is 17.2 Å². The van der Waals surface area contributed by atoms with E-state index in [1.165, 1.54) is 30.2 Å². The molecule has 59 heavy (non-hydrogen) atoms. The number of para-hydroxylation sites is 1. The summed E-state index contributed by atoms with van der Waals surface area (Å²) in [6.07, 6.45) is 2.28. The highest BCUT2D eigenvalue weighted by Gasteiger charge is 2.70. The third-order valence-corrected chi connectivity index (χ3v) is 12.8. The normalized spacial score (nSPS) is 24.6. The molecule has 11 nitrogen and oxygen atoms in total. The Bertz CT molecular complexity index is 2550. The van der Waals surface area contributed by atoms with Gasteiger partial charge in [0.25, 0.3) is 11.8 Å². The van der Waals surface area contributed by atoms with E-state index in [0.29, 0.717) is 27.6 Å². The molecule has 2 aliphatic heterocycles. The fraction of sp³-hybridized carbons (Fsp3) is 0.217. The van der Waals surface area contributed by atoms with Gasteiger partial charge < -0.3 is 19.9 Å². The maximum atomic E-state index is 15.5. The first-order valence-electron chi connectivity index (χ1n) is 19.2. The minimum Gasteiger partial charge on any atom is -0.508 e. The Balaban J connectivity index is 1.18. The van der Waals surface area contributed by atoms with E-state index in [4.69, 9.17) is 32.7 Å². The number of carbonyl (C=O) groups excluding carboxylic acids is 4. The van der Waals surface area contributed by atoms with Crippen LogP contribution in [0.4, 0.5) is 22.7 Å². The Morgan fingerprint density at radius 2 is 1.49 bits per heavy atom. The number of hydrazine groups is 1. The lowest BCUT2D eigenvalue weighted by Gasteiger charge is -2.50. The third-order valence-electron chi connectivity index (χ3n) is 12.3. The van der Waals surface area contributed by atoms with Gasteiger partial charge in [0.2, 0.25) is 11.8 Å². The summed E-state index contributed by atoms with van der Waals surface area (Å²) in [4.78, 5) is 61.0. The van der Waals surface area contributed by atoms with Crippen molar-refractivity contribution in [1.29, 1.82) is 0 Å². The number of allylic oxidation sites excluding steroid dienone is 2. The number of amides is 4. The molecule has 0 aromatic heterocycles. The Morgan fingerprint density at radius 3 is 2.19 bits per heavy atom. The molecule has 4 aliphatic rings. The quantitative estimate of drug-likeness (QED) is 0.0985. The van der Waals surface area contributed by atoms with Gasteiger partial charge in [0.1, 0.15) is 17.2 Å². The minimum absolute atomic E-state index is 0.0580. The molecular weight excluding hydrogens is 791 g/mol. The SMILES string of the molecule is COc1ccc([C@@]23C(=O)N(Nc4ccc(Cl)cc4Cl)C(=O)[C@@H]2C[C@@H]2C(=CC[C@@H]4C(=O)N(c5ccc(Nc6ccccc6)cc5)C(=O)[C@@H]42)[C@@H]3c2ccc(O)cc2OC)cc1. The second-order valence-electron chi connectivity index (χ2n) is 15.2. The number of rotatable bonds is 9. The van der Waals surface area contributed by atoms with Crippen LogP contribution in [0.1, 0.15) is 29.9 Å². The van der Waals surface area contributed by atoms with Crippen molar-refractivity contribution >= 4 is 69.6 Å². The highest BCUT2D eigenvalue weighted by Crippen LogP contribution is 2.65. The zero-order valence-electron chi connectivity index (χ0n) is 31.9. The monoisotopic (exact) mass is 828 g/mol. The van der Waals surface area contributed by atoms with Crippen molar-refractivity contribution in [3.05, 3.63) is 148 Å². The van der Waals surface area contributed by atoms with Gasteiger partial charge in [-0.2, -0.15) is 5.01 Å². The Hall–Kier alpha value is -6.30. The second kappa shape index (κ2) is 14.8. The molecule has 13 heteroatoms. The summed E-state index contributed by atoms with van der Waals surface area (Å²) in [6.45, 7) is 0. The first kappa shape index (κ1) is 38.2. The van der Waals surface area contributed by atoms with E-state index >= 15 is 9.59 Å². The molecule has 9 rings (SSSR count). The van der Waals surface area contributed by atoms with E-state index in [1.54, 1.807) is 61.7 Å². The lowest BCUT2D eigenvalue weighted by atomic mass is 9.49. The van der Waals surface area contributed by atoms with E-state index in [1.807, 2.05) is 48.5 Å². The van der Waals surface area contributed by atoms with E-state index in [9.17, 15) is 14.7 Å². The number of fused-ring (bicyclic) bond motifs is 4. The largest absolute Gasteiger partial charge is 0.508 e. The number of carbonyl (C=O) groups is 4. The van der Waals surface area contributed by atoms with Crippen LogP contribution in [0.15, 0.2) is 127 Å². The number of hydrogen-bond donors (Lipinski definition) is 3. The van der Waals surface area contributed by atoms with Crippen LogP contribution in [-0.2, 0) is 24.6 Å². The molecule has 0 spiro atoms. The van der Waals surface area contributed by atoms with Crippen molar-refractivity contribution in [2.75, 3.05) is 29.9 Å². The number of hydrogen-bond acceptors (Lipinski definition) is 9. The number of imide groups is 2. The number of ether oxygens (including phenoxy) is 2. The number of aromatic hydroxyl groups is 1. The highest BCUT2D eigenvalue weighted by atomic mass is 35.5. The number of phenolic OH excluding ortho intramolecular Hbond substituents is 1. The maximum absolute atomic E-state index is 15.5. The molecule has 1 saturated carbocycles. The van der Waals surface area contributed by atoms with Gasteiger partial charge in [-0.3, -0.25) is 29.5 Å². The predicted molar refractivity (Wildman–Crippen MR) is 224 cm³/mol. The summed E-state index contributed by atoms with van der Waals surface area (Å²) in [5.74, 6) is -5.05. The van der Waals surface area contributed by atoms with Gasteiger partial charge in [0.05, 0.1) is 53.8 Å². The van der Waals surface area contributed by atoms with Crippen LogP contribution in [-0.4, -0.2) is 48.0 Å². The molecule has 4 amide bonds. The third kappa shape index (κ3) is 6.10. The summed E-state index contributed by atoms with van der Waals surface area (Å²) in [6, 6.07) is 33.2. The lowest BCUT2D eigenvalue weighted by Crippen LogP contribution is -2.53. The summed E-state index contributed by atoms with van der Waals surface area (Å²) in [5.41, 5.74) is 5.62. The molecule has 6 atom stereocenters. The predicted octanol–water partition coefficient (Wildman–Crippen LogP) is 8.65. The molecule has 3 fully saturated rings. The topological polar surface area (TPSA) is 138 Å². The van der Waals surface area contributed by atoms with Crippen molar-refractivity contribution in [2.45, 2.75) is 24.2 Å². The maximum Gasteiger partial charge on any atom is 0.260 e. The number of anilines is 4. The number of benzene rings is 5. The van der Waals surface area contributed by atoms with Crippen LogP contribution >= 0.6 is 23.2 Å². The molecule has 0 radical (unpaired) electrons. The Kier molecular flexibility index (Phi) is 9.60. The molecule has 0 unspecified atom stereocenters.